The van der Waals surface area contributed by atoms with Gasteiger partial charge in [-0.2, -0.15) is 0 Å². The van der Waals surface area contributed by atoms with Crippen LogP contribution in [-0.2, 0) is 26.0 Å². The lowest BCUT2D eigenvalue weighted by atomic mass is 10.1. The van der Waals surface area contributed by atoms with Crippen molar-refractivity contribution in [2.24, 2.45) is 5.92 Å². The second kappa shape index (κ2) is 6.55. The molecule has 1 N–H and O–H groups in total. The minimum absolute atomic E-state index is 0.00628. The predicted octanol–water partition coefficient (Wildman–Crippen LogP) is 0.647. The Morgan fingerprint density at radius 2 is 2.08 bits per heavy atom. The van der Waals surface area contributed by atoms with E-state index in [0.29, 0.717) is 19.5 Å². The number of rotatable bonds is 4. The van der Waals surface area contributed by atoms with Crippen LogP contribution in [0.25, 0.3) is 0 Å². The smallest absolute Gasteiger partial charge is 0.225 e. The first-order valence-electron chi connectivity index (χ1n) is 8.17. The minimum Gasteiger partial charge on any atom is -0.352 e. The van der Waals surface area contributed by atoms with Crippen LogP contribution in [0.2, 0.25) is 0 Å². The van der Waals surface area contributed by atoms with Gasteiger partial charge in [-0.15, -0.1) is 0 Å². The van der Waals surface area contributed by atoms with Gasteiger partial charge >= 0.3 is 0 Å². The summed E-state index contributed by atoms with van der Waals surface area (Å²) in [6.45, 7) is 2.90. The van der Waals surface area contributed by atoms with Crippen molar-refractivity contribution in [2.75, 3.05) is 18.1 Å². The number of likely N-dealkylation sites (tertiary alicyclic amines) is 1. The second-order valence-electron chi connectivity index (χ2n) is 6.71. The van der Waals surface area contributed by atoms with Crippen LogP contribution in [-0.4, -0.2) is 49.2 Å². The molecule has 2 aliphatic heterocycles. The van der Waals surface area contributed by atoms with Crippen LogP contribution in [0.4, 0.5) is 0 Å². The molecular formula is C17H22N2O4S. The highest BCUT2D eigenvalue weighted by Gasteiger charge is 2.36. The van der Waals surface area contributed by atoms with Gasteiger partial charge in [0.05, 0.1) is 17.4 Å². The van der Waals surface area contributed by atoms with Gasteiger partial charge in [-0.05, 0) is 24.5 Å². The van der Waals surface area contributed by atoms with Crippen LogP contribution in [0.15, 0.2) is 24.3 Å². The maximum atomic E-state index is 12.3. The monoisotopic (exact) mass is 350 g/mol. The van der Waals surface area contributed by atoms with E-state index in [-0.39, 0.29) is 35.8 Å². The summed E-state index contributed by atoms with van der Waals surface area (Å²) in [5, 5.41) is 2.80. The molecule has 7 heteroatoms. The summed E-state index contributed by atoms with van der Waals surface area (Å²) in [5.41, 5.74) is 2.20. The third-order valence-corrected chi connectivity index (χ3v) is 6.55. The van der Waals surface area contributed by atoms with Gasteiger partial charge in [0.1, 0.15) is 0 Å². The Bertz CT molecular complexity index is 760. The Labute approximate surface area is 142 Å². The molecule has 24 heavy (non-hydrogen) atoms. The molecule has 1 aromatic rings. The first-order valence-corrected chi connectivity index (χ1v) is 9.99. The van der Waals surface area contributed by atoms with E-state index in [1.54, 1.807) is 4.90 Å². The van der Waals surface area contributed by atoms with E-state index in [9.17, 15) is 18.0 Å². The molecule has 2 amide bonds. The van der Waals surface area contributed by atoms with Crippen molar-refractivity contribution in [2.45, 2.75) is 32.4 Å². The molecule has 0 spiro atoms. The van der Waals surface area contributed by atoms with Gasteiger partial charge in [0.2, 0.25) is 11.8 Å². The molecule has 0 aliphatic carbocycles. The number of carbonyl (C=O) groups excluding carboxylic acids is 2. The summed E-state index contributed by atoms with van der Waals surface area (Å²) in [7, 11) is -3.02. The summed E-state index contributed by atoms with van der Waals surface area (Å²) in [6.07, 6.45) is 0.652. The summed E-state index contributed by atoms with van der Waals surface area (Å²) < 4.78 is 22.9. The van der Waals surface area contributed by atoms with E-state index >= 15 is 0 Å². The molecule has 130 valence electrons. The number of hydrogen-bond donors (Lipinski definition) is 1. The molecule has 2 atom stereocenters. The molecule has 2 unspecified atom stereocenters. The van der Waals surface area contributed by atoms with Crippen LogP contribution >= 0.6 is 0 Å². The Hall–Kier alpha value is -1.89. The van der Waals surface area contributed by atoms with Crippen LogP contribution in [0.1, 0.15) is 24.0 Å². The average molecular weight is 350 g/mol. The van der Waals surface area contributed by atoms with E-state index in [1.165, 1.54) is 0 Å². The Morgan fingerprint density at radius 1 is 1.33 bits per heavy atom. The lowest BCUT2D eigenvalue weighted by Gasteiger charge is -2.18. The van der Waals surface area contributed by atoms with Crippen LogP contribution in [0.5, 0.6) is 0 Å². The van der Waals surface area contributed by atoms with Gasteiger partial charge in [-0.3, -0.25) is 9.59 Å². The second-order valence-corrected chi connectivity index (χ2v) is 8.94. The van der Waals surface area contributed by atoms with E-state index in [1.807, 2.05) is 31.2 Å². The highest BCUT2D eigenvalue weighted by Crippen LogP contribution is 2.22. The number of sulfone groups is 1. The predicted molar refractivity (Wildman–Crippen MR) is 89.9 cm³/mol. The SMILES string of the molecule is Cc1ccccc1CN1CC(C(=O)NC2CCS(=O)(=O)C2)CC1=O. The number of benzene rings is 1. The lowest BCUT2D eigenvalue weighted by Crippen LogP contribution is -2.40. The van der Waals surface area contributed by atoms with Gasteiger partial charge < -0.3 is 10.2 Å². The lowest BCUT2D eigenvalue weighted by molar-refractivity contribution is -0.129. The van der Waals surface area contributed by atoms with Crippen molar-refractivity contribution < 1.29 is 18.0 Å². The molecule has 0 bridgehead atoms. The van der Waals surface area contributed by atoms with E-state index < -0.39 is 15.8 Å². The fourth-order valence-electron chi connectivity index (χ4n) is 3.32. The molecule has 6 nitrogen and oxygen atoms in total. The number of aryl methyl sites for hydroxylation is 1. The first-order chi connectivity index (χ1) is 11.3. The quantitative estimate of drug-likeness (QED) is 0.864. The van der Waals surface area contributed by atoms with Gasteiger partial charge in [0.25, 0.3) is 0 Å². The van der Waals surface area contributed by atoms with E-state index in [2.05, 4.69) is 5.32 Å². The normalized spacial score (nSPS) is 25.9. The fraction of sp³-hybridized carbons (Fsp3) is 0.529. The maximum Gasteiger partial charge on any atom is 0.225 e. The molecule has 0 saturated carbocycles. The topological polar surface area (TPSA) is 83.6 Å². The van der Waals surface area contributed by atoms with E-state index in [4.69, 9.17) is 0 Å². The van der Waals surface area contributed by atoms with Crippen molar-refractivity contribution in [3.05, 3.63) is 35.4 Å². The number of carbonyl (C=O) groups is 2. The third kappa shape index (κ3) is 3.77. The van der Waals surface area contributed by atoms with Crippen molar-refractivity contribution >= 4 is 21.7 Å². The van der Waals surface area contributed by atoms with Gasteiger partial charge in [0, 0.05) is 25.6 Å². The standard InChI is InChI=1S/C17H22N2O4S/c1-12-4-2-3-5-13(12)9-19-10-14(8-16(19)20)17(21)18-15-6-7-24(22,23)11-15/h2-5,14-15H,6-11H2,1H3,(H,18,21). The summed E-state index contributed by atoms with van der Waals surface area (Å²) >= 11 is 0. The summed E-state index contributed by atoms with van der Waals surface area (Å²) in [5.74, 6) is -0.507. The van der Waals surface area contributed by atoms with Crippen molar-refractivity contribution in [1.82, 2.24) is 10.2 Å². The molecule has 2 heterocycles. The molecular weight excluding hydrogens is 328 g/mol. The molecule has 0 radical (unpaired) electrons. The van der Waals surface area contributed by atoms with Crippen LogP contribution < -0.4 is 5.32 Å². The summed E-state index contributed by atoms with van der Waals surface area (Å²) in [4.78, 5) is 26.2. The van der Waals surface area contributed by atoms with Crippen molar-refractivity contribution in [3.63, 3.8) is 0 Å². The largest absolute Gasteiger partial charge is 0.352 e. The van der Waals surface area contributed by atoms with Gasteiger partial charge in [0.15, 0.2) is 9.84 Å². The molecule has 2 fully saturated rings. The number of hydrogen-bond acceptors (Lipinski definition) is 4. The van der Waals surface area contributed by atoms with Gasteiger partial charge in [-0.1, -0.05) is 24.3 Å². The third-order valence-electron chi connectivity index (χ3n) is 4.79. The number of amides is 2. The average Bonchev–Trinajstić information content (AvgIpc) is 3.04. The van der Waals surface area contributed by atoms with Crippen molar-refractivity contribution in [1.29, 1.82) is 0 Å². The first kappa shape index (κ1) is 17.0. The minimum atomic E-state index is -3.02. The molecule has 0 aromatic heterocycles. The zero-order valence-corrected chi connectivity index (χ0v) is 14.5. The highest BCUT2D eigenvalue weighted by molar-refractivity contribution is 7.91. The zero-order valence-electron chi connectivity index (χ0n) is 13.7. The molecule has 1 aromatic carbocycles. The zero-order chi connectivity index (χ0) is 17.3. The Kier molecular flexibility index (Phi) is 4.62. The van der Waals surface area contributed by atoms with E-state index in [0.717, 1.165) is 11.1 Å². The number of nitrogens with one attached hydrogen (secondary N) is 1. The van der Waals surface area contributed by atoms with Crippen LogP contribution in [0.3, 0.4) is 0 Å². The van der Waals surface area contributed by atoms with Crippen molar-refractivity contribution in [3.8, 4) is 0 Å². The highest BCUT2D eigenvalue weighted by atomic mass is 32.2. The summed E-state index contributed by atoms with van der Waals surface area (Å²) in [6, 6.07) is 7.56. The molecule has 2 saturated heterocycles. The Morgan fingerprint density at radius 3 is 2.75 bits per heavy atom. The number of nitrogens with zero attached hydrogens (tertiary/aromatic N) is 1. The fourth-order valence-corrected chi connectivity index (χ4v) is 4.99. The molecule has 2 aliphatic rings. The molecule has 3 rings (SSSR count). The van der Waals surface area contributed by atoms with Crippen LogP contribution in [0, 0.1) is 12.8 Å². The maximum absolute atomic E-state index is 12.3. The van der Waals surface area contributed by atoms with Gasteiger partial charge in [-0.25, -0.2) is 8.42 Å². The Balaban J connectivity index is 1.58.